The van der Waals surface area contributed by atoms with Crippen LogP contribution < -0.4 is 10.2 Å². The fourth-order valence-electron chi connectivity index (χ4n) is 2.36. The number of pyridine rings is 2. The molecule has 3 rings (SSSR count). The van der Waals surface area contributed by atoms with Crippen LogP contribution in [0.1, 0.15) is 11.1 Å². The van der Waals surface area contributed by atoms with Crippen LogP contribution in [-0.4, -0.2) is 36.3 Å². The predicted molar refractivity (Wildman–Crippen MR) is 83.5 cm³/mol. The van der Waals surface area contributed by atoms with Gasteiger partial charge in [-0.2, -0.15) is 5.26 Å². The van der Waals surface area contributed by atoms with Gasteiger partial charge in [-0.3, -0.25) is 0 Å². The maximum Gasteiger partial charge on any atom is 0.144 e. The van der Waals surface area contributed by atoms with Crippen LogP contribution >= 0.6 is 0 Å². The quantitative estimate of drug-likeness (QED) is 0.927. The average Bonchev–Trinajstić information content (AvgIpc) is 2.61. The van der Waals surface area contributed by atoms with E-state index in [1.165, 1.54) is 0 Å². The molecule has 0 radical (unpaired) electrons. The molecule has 6 nitrogen and oxygen atoms in total. The number of nitrogens with zero attached hydrogens (tertiary/aromatic N) is 4. The van der Waals surface area contributed by atoms with Crippen molar-refractivity contribution in [1.82, 2.24) is 9.97 Å². The lowest BCUT2D eigenvalue weighted by molar-refractivity contribution is 0.122. The Bertz CT molecular complexity index is 676. The van der Waals surface area contributed by atoms with Crippen LogP contribution in [0.2, 0.25) is 0 Å². The van der Waals surface area contributed by atoms with Crippen molar-refractivity contribution >= 4 is 11.6 Å². The SMILES string of the molecule is N#Cc1cccnc1NCc1ccnc(N2CCOCC2)c1. The van der Waals surface area contributed by atoms with Gasteiger partial charge >= 0.3 is 0 Å². The molecule has 0 saturated carbocycles. The van der Waals surface area contributed by atoms with Crippen molar-refractivity contribution < 1.29 is 4.74 Å². The Morgan fingerprint density at radius 3 is 2.91 bits per heavy atom. The van der Waals surface area contributed by atoms with Crippen molar-refractivity contribution in [3.8, 4) is 6.07 Å². The second-order valence-electron chi connectivity index (χ2n) is 4.99. The third-order valence-electron chi connectivity index (χ3n) is 3.53. The highest BCUT2D eigenvalue weighted by molar-refractivity contribution is 5.52. The minimum absolute atomic E-state index is 0.546. The molecule has 6 heteroatoms. The molecular weight excluding hydrogens is 278 g/mol. The zero-order chi connectivity index (χ0) is 15.2. The van der Waals surface area contributed by atoms with Gasteiger partial charge in [0.15, 0.2) is 0 Å². The first kappa shape index (κ1) is 14.3. The van der Waals surface area contributed by atoms with E-state index in [4.69, 9.17) is 10.00 Å². The molecule has 1 aliphatic heterocycles. The lowest BCUT2D eigenvalue weighted by atomic mass is 10.2. The largest absolute Gasteiger partial charge is 0.378 e. The standard InChI is InChI=1S/C16H17N5O/c17-11-14-2-1-4-19-16(14)20-12-13-3-5-18-15(10-13)21-6-8-22-9-7-21/h1-5,10H,6-9,12H2,(H,19,20). The van der Waals surface area contributed by atoms with Gasteiger partial charge in [0.05, 0.1) is 18.8 Å². The van der Waals surface area contributed by atoms with Gasteiger partial charge in [0.2, 0.25) is 0 Å². The Hall–Kier alpha value is -2.65. The van der Waals surface area contributed by atoms with Gasteiger partial charge in [0.25, 0.3) is 0 Å². The monoisotopic (exact) mass is 295 g/mol. The zero-order valence-corrected chi connectivity index (χ0v) is 12.2. The Morgan fingerprint density at radius 1 is 1.23 bits per heavy atom. The van der Waals surface area contributed by atoms with Gasteiger partial charge in [0, 0.05) is 32.0 Å². The molecule has 0 aliphatic carbocycles. The van der Waals surface area contributed by atoms with Crippen molar-refractivity contribution in [3.05, 3.63) is 47.8 Å². The summed E-state index contributed by atoms with van der Waals surface area (Å²) >= 11 is 0. The van der Waals surface area contributed by atoms with Crippen LogP contribution in [0.4, 0.5) is 11.6 Å². The molecular formula is C16H17N5O. The van der Waals surface area contributed by atoms with Gasteiger partial charge in [-0.1, -0.05) is 0 Å². The number of anilines is 2. The maximum absolute atomic E-state index is 9.07. The third kappa shape index (κ3) is 3.32. The summed E-state index contributed by atoms with van der Waals surface area (Å²) in [5, 5.41) is 12.3. The van der Waals surface area contributed by atoms with Crippen molar-refractivity contribution in [2.75, 3.05) is 36.5 Å². The van der Waals surface area contributed by atoms with E-state index < -0.39 is 0 Å². The van der Waals surface area contributed by atoms with Crippen molar-refractivity contribution in [2.45, 2.75) is 6.54 Å². The zero-order valence-electron chi connectivity index (χ0n) is 12.2. The van der Waals surface area contributed by atoms with E-state index in [2.05, 4.69) is 32.3 Å². The fourth-order valence-corrected chi connectivity index (χ4v) is 2.36. The Morgan fingerprint density at radius 2 is 2.09 bits per heavy atom. The number of nitrogens with one attached hydrogen (secondary N) is 1. The second kappa shape index (κ2) is 6.87. The molecule has 3 heterocycles. The number of rotatable bonds is 4. The van der Waals surface area contributed by atoms with Crippen LogP contribution in [-0.2, 0) is 11.3 Å². The molecule has 112 valence electrons. The molecule has 1 fully saturated rings. The smallest absolute Gasteiger partial charge is 0.144 e. The number of nitriles is 1. The first-order chi connectivity index (χ1) is 10.9. The second-order valence-corrected chi connectivity index (χ2v) is 4.99. The lowest BCUT2D eigenvalue weighted by Gasteiger charge is -2.28. The highest BCUT2D eigenvalue weighted by Crippen LogP contribution is 2.16. The topological polar surface area (TPSA) is 74.1 Å². The first-order valence-corrected chi connectivity index (χ1v) is 7.23. The Labute approximate surface area is 129 Å². The van der Waals surface area contributed by atoms with Gasteiger partial charge in [0.1, 0.15) is 17.7 Å². The summed E-state index contributed by atoms with van der Waals surface area (Å²) in [4.78, 5) is 10.8. The van der Waals surface area contributed by atoms with Gasteiger partial charge in [-0.05, 0) is 29.8 Å². The van der Waals surface area contributed by atoms with Crippen LogP contribution in [0.3, 0.4) is 0 Å². The van der Waals surface area contributed by atoms with E-state index in [9.17, 15) is 0 Å². The molecule has 0 amide bonds. The number of hydrogen-bond donors (Lipinski definition) is 1. The molecule has 0 bridgehead atoms. The molecule has 2 aromatic heterocycles. The highest BCUT2D eigenvalue weighted by atomic mass is 16.5. The summed E-state index contributed by atoms with van der Waals surface area (Å²) in [6.07, 6.45) is 3.49. The van der Waals surface area contributed by atoms with E-state index in [-0.39, 0.29) is 0 Å². The number of morpholine rings is 1. The summed E-state index contributed by atoms with van der Waals surface area (Å²) in [6, 6.07) is 9.67. The minimum Gasteiger partial charge on any atom is -0.378 e. The first-order valence-electron chi connectivity index (χ1n) is 7.23. The average molecular weight is 295 g/mol. The van der Waals surface area contributed by atoms with E-state index in [1.807, 2.05) is 12.3 Å². The van der Waals surface area contributed by atoms with E-state index in [0.717, 1.165) is 37.7 Å². The Kier molecular flexibility index (Phi) is 4.47. The number of hydrogen-bond acceptors (Lipinski definition) is 6. The molecule has 22 heavy (non-hydrogen) atoms. The molecule has 0 unspecified atom stereocenters. The van der Waals surface area contributed by atoms with Gasteiger partial charge in [-0.25, -0.2) is 9.97 Å². The van der Waals surface area contributed by atoms with Crippen LogP contribution in [0, 0.1) is 11.3 Å². The molecule has 1 saturated heterocycles. The summed E-state index contributed by atoms with van der Waals surface area (Å²) in [7, 11) is 0. The fraction of sp³-hybridized carbons (Fsp3) is 0.312. The summed E-state index contributed by atoms with van der Waals surface area (Å²) in [6.45, 7) is 3.81. The van der Waals surface area contributed by atoms with E-state index >= 15 is 0 Å². The molecule has 0 atom stereocenters. The highest BCUT2D eigenvalue weighted by Gasteiger charge is 2.12. The van der Waals surface area contributed by atoms with Crippen molar-refractivity contribution in [1.29, 1.82) is 5.26 Å². The summed E-state index contributed by atoms with van der Waals surface area (Å²) in [5.41, 5.74) is 1.65. The lowest BCUT2D eigenvalue weighted by Crippen LogP contribution is -2.36. The number of aromatic nitrogens is 2. The van der Waals surface area contributed by atoms with E-state index in [0.29, 0.717) is 17.9 Å². The molecule has 0 spiro atoms. The van der Waals surface area contributed by atoms with Crippen LogP contribution in [0.25, 0.3) is 0 Å². The van der Waals surface area contributed by atoms with Gasteiger partial charge in [-0.15, -0.1) is 0 Å². The van der Waals surface area contributed by atoms with Crippen LogP contribution in [0.5, 0.6) is 0 Å². The van der Waals surface area contributed by atoms with Crippen molar-refractivity contribution in [3.63, 3.8) is 0 Å². The minimum atomic E-state index is 0.546. The Balaban J connectivity index is 1.69. The normalized spacial score (nSPS) is 14.4. The molecule has 1 N–H and O–H groups in total. The van der Waals surface area contributed by atoms with E-state index in [1.54, 1.807) is 18.3 Å². The maximum atomic E-state index is 9.07. The van der Waals surface area contributed by atoms with Crippen molar-refractivity contribution in [2.24, 2.45) is 0 Å². The van der Waals surface area contributed by atoms with Gasteiger partial charge < -0.3 is 15.0 Å². The summed E-state index contributed by atoms with van der Waals surface area (Å²) in [5.74, 6) is 1.57. The molecule has 0 aromatic carbocycles. The number of ether oxygens (including phenoxy) is 1. The molecule has 2 aromatic rings. The van der Waals surface area contributed by atoms with Crippen LogP contribution in [0.15, 0.2) is 36.7 Å². The predicted octanol–water partition coefficient (Wildman–Crippen LogP) is 1.80. The molecule has 1 aliphatic rings. The third-order valence-corrected chi connectivity index (χ3v) is 3.53. The summed E-state index contributed by atoms with van der Waals surface area (Å²) < 4.78 is 5.36.